The van der Waals surface area contributed by atoms with Crippen LogP contribution in [0.3, 0.4) is 0 Å². The van der Waals surface area contributed by atoms with Crippen LogP contribution in [0.5, 0.6) is 5.75 Å². The van der Waals surface area contributed by atoms with Gasteiger partial charge in [0.05, 0.1) is 17.8 Å². The van der Waals surface area contributed by atoms with Gasteiger partial charge in [-0.25, -0.2) is 9.78 Å². The molecule has 1 unspecified atom stereocenters. The first kappa shape index (κ1) is 21.5. The number of pyridine rings is 1. The Morgan fingerprint density at radius 1 is 1.15 bits per heavy atom. The summed E-state index contributed by atoms with van der Waals surface area (Å²) in [5, 5.41) is 4.48. The number of aromatic nitrogens is 3. The van der Waals surface area contributed by atoms with E-state index in [4.69, 9.17) is 16.4 Å². The predicted molar refractivity (Wildman–Crippen MR) is 115 cm³/mol. The van der Waals surface area contributed by atoms with E-state index in [1.807, 2.05) is 4.90 Å². The average Bonchev–Trinajstić information content (AvgIpc) is 3.37. The smallest absolute Gasteiger partial charge is 0.406 e. The molecule has 12 heteroatoms. The Morgan fingerprint density at radius 3 is 2.64 bits per heavy atom. The van der Waals surface area contributed by atoms with Crippen LogP contribution in [-0.4, -0.2) is 45.3 Å². The molecule has 2 aliphatic rings. The van der Waals surface area contributed by atoms with Gasteiger partial charge in [0.1, 0.15) is 16.4 Å². The standard InChI is InChI=1S/C21H17ClF3N5O3/c1-29-15-6-7-16(22)26-17(15)18(27-19(29)31)30-9-8-20(11-30)10-14(28-33-20)12-2-4-13(5-3-12)32-21(23,24)25/h2-7H,8-11H2,1H3. The molecule has 2 aromatic heterocycles. The van der Waals surface area contributed by atoms with Crippen LogP contribution < -0.4 is 15.3 Å². The fraction of sp³-hybridized carbons (Fsp3) is 0.333. The van der Waals surface area contributed by atoms with E-state index in [1.165, 1.54) is 28.8 Å². The topological polar surface area (TPSA) is 81.8 Å². The Morgan fingerprint density at radius 2 is 1.91 bits per heavy atom. The Bertz CT molecular complexity index is 1330. The second kappa shape index (κ2) is 7.62. The molecular formula is C21H17ClF3N5O3. The molecule has 8 nitrogen and oxygen atoms in total. The van der Waals surface area contributed by atoms with Gasteiger partial charge in [-0.1, -0.05) is 16.8 Å². The maximum Gasteiger partial charge on any atom is 0.573 e. The van der Waals surface area contributed by atoms with E-state index in [0.29, 0.717) is 59.2 Å². The lowest BCUT2D eigenvalue weighted by molar-refractivity contribution is -0.274. The molecule has 0 N–H and O–H groups in total. The Labute approximate surface area is 190 Å². The number of fused-ring (bicyclic) bond motifs is 1. The molecule has 0 bridgehead atoms. The quantitative estimate of drug-likeness (QED) is 0.533. The van der Waals surface area contributed by atoms with E-state index in [1.54, 1.807) is 19.2 Å². The van der Waals surface area contributed by atoms with Crippen molar-refractivity contribution in [3.63, 3.8) is 0 Å². The molecule has 3 aromatic rings. The molecule has 4 heterocycles. The largest absolute Gasteiger partial charge is 0.573 e. The number of alkyl halides is 3. The number of rotatable bonds is 3. The summed E-state index contributed by atoms with van der Waals surface area (Å²) in [5.74, 6) is 0.125. The molecular weight excluding hydrogens is 463 g/mol. The minimum atomic E-state index is -4.75. The lowest BCUT2D eigenvalue weighted by atomic mass is 9.93. The summed E-state index contributed by atoms with van der Waals surface area (Å²) in [4.78, 5) is 28.7. The van der Waals surface area contributed by atoms with Crippen molar-refractivity contribution in [2.45, 2.75) is 24.8 Å². The molecule has 1 saturated heterocycles. The van der Waals surface area contributed by atoms with Crippen molar-refractivity contribution in [3.05, 3.63) is 57.6 Å². The summed E-state index contributed by atoms with van der Waals surface area (Å²) in [7, 11) is 1.62. The zero-order valence-corrected chi connectivity index (χ0v) is 18.0. The molecule has 1 atom stereocenters. The number of benzene rings is 1. The molecule has 172 valence electrons. The number of hydrogen-bond donors (Lipinski definition) is 0. The van der Waals surface area contributed by atoms with Crippen molar-refractivity contribution in [1.29, 1.82) is 0 Å². The minimum Gasteiger partial charge on any atom is -0.406 e. The second-order valence-corrected chi connectivity index (χ2v) is 8.40. The van der Waals surface area contributed by atoms with Crippen LogP contribution >= 0.6 is 11.6 Å². The van der Waals surface area contributed by atoms with Gasteiger partial charge in [-0.2, -0.15) is 4.98 Å². The Hall–Kier alpha value is -3.34. The monoisotopic (exact) mass is 479 g/mol. The normalized spacial score (nSPS) is 20.4. The molecule has 2 aliphatic heterocycles. The number of anilines is 1. The number of aryl methyl sites for hydroxylation is 1. The van der Waals surface area contributed by atoms with Crippen molar-refractivity contribution < 1.29 is 22.7 Å². The van der Waals surface area contributed by atoms with E-state index in [9.17, 15) is 18.0 Å². The highest BCUT2D eigenvalue weighted by molar-refractivity contribution is 6.29. The maximum atomic E-state index is 12.4. The summed E-state index contributed by atoms with van der Waals surface area (Å²) in [6.45, 7) is 0.976. The molecule has 5 rings (SSSR count). The number of halogens is 4. The van der Waals surface area contributed by atoms with Crippen molar-refractivity contribution in [2.24, 2.45) is 12.2 Å². The summed E-state index contributed by atoms with van der Waals surface area (Å²) in [5.41, 5.74) is 1.35. The van der Waals surface area contributed by atoms with Crippen molar-refractivity contribution >= 4 is 34.2 Å². The van der Waals surface area contributed by atoms with E-state index in [-0.39, 0.29) is 5.75 Å². The molecule has 0 saturated carbocycles. The molecule has 1 spiro atoms. The van der Waals surface area contributed by atoms with Crippen molar-refractivity contribution in [3.8, 4) is 5.75 Å². The van der Waals surface area contributed by atoms with E-state index < -0.39 is 17.7 Å². The second-order valence-electron chi connectivity index (χ2n) is 8.01. The van der Waals surface area contributed by atoms with Crippen LogP contribution in [-0.2, 0) is 11.9 Å². The van der Waals surface area contributed by atoms with Gasteiger partial charge in [0.2, 0.25) is 0 Å². The minimum absolute atomic E-state index is 0.291. The summed E-state index contributed by atoms with van der Waals surface area (Å²) in [6, 6.07) is 8.84. The SMILES string of the molecule is Cn1c(=O)nc(N2CCC3(CC(c4ccc(OC(F)(F)F)cc4)=NO3)C2)c2nc(Cl)ccc21. The molecule has 1 fully saturated rings. The summed E-state index contributed by atoms with van der Waals surface area (Å²) in [6.07, 6.45) is -3.67. The molecule has 1 aromatic carbocycles. The molecule has 0 amide bonds. The van der Waals surface area contributed by atoms with Crippen LogP contribution in [0.2, 0.25) is 5.15 Å². The number of ether oxygens (including phenoxy) is 1. The fourth-order valence-corrected chi connectivity index (χ4v) is 4.32. The van der Waals surface area contributed by atoms with Gasteiger partial charge in [-0.15, -0.1) is 13.2 Å². The van der Waals surface area contributed by atoms with Crippen LogP contribution in [0.1, 0.15) is 18.4 Å². The van der Waals surface area contributed by atoms with Crippen LogP contribution in [0.15, 0.2) is 46.3 Å². The fourth-order valence-electron chi connectivity index (χ4n) is 4.17. The van der Waals surface area contributed by atoms with E-state index in [2.05, 4.69) is 19.9 Å². The number of nitrogens with zero attached hydrogens (tertiary/aromatic N) is 5. The van der Waals surface area contributed by atoms with Crippen LogP contribution in [0.25, 0.3) is 11.0 Å². The third kappa shape index (κ3) is 4.08. The van der Waals surface area contributed by atoms with Crippen LogP contribution in [0.4, 0.5) is 19.0 Å². The van der Waals surface area contributed by atoms with Gasteiger partial charge in [-0.3, -0.25) is 4.57 Å². The highest BCUT2D eigenvalue weighted by atomic mass is 35.5. The molecule has 0 radical (unpaired) electrons. The maximum absolute atomic E-state index is 12.4. The average molecular weight is 480 g/mol. The van der Waals surface area contributed by atoms with E-state index >= 15 is 0 Å². The number of hydrogen-bond acceptors (Lipinski definition) is 7. The van der Waals surface area contributed by atoms with E-state index in [0.717, 1.165) is 0 Å². The van der Waals surface area contributed by atoms with Gasteiger partial charge in [-0.05, 0) is 42.0 Å². The van der Waals surface area contributed by atoms with Crippen molar-refractivity contribution in [2.75, 3.05) is 18.0 Å². The first-order chi connectivity index (χ1) is 15.6. The predicted octanol–water partition coefficient (Wildman–Crippen LogP) is 3.65. The zero-order chi connectivity index (χ0) is 23.4. The molecule has 0 aliphatic carbocycles. The number of oxime groups is 1. The van der Waals surface area contributed by atoms with Crippen molar-refractivity contribution in [1.82, 2.24) is 14.5 Å². The highest BCUT2D eigenvalue weighted by Gasteiger charge is 2.46. The Kier molecular flexibility index (Phi) is 4.96. The summed E-state index contributed by atoms with van der Waals surface area (Å²) < 4.78 is 42.5. The first-order valence-corrected chi connectivity index (χ1v) is 10.4. The first-order valence-electron chi connectivity index (χ1n) is 10.0. The third-order valence-electron chi connectivity index (χ3n) is 5.78. The van der Waals surface area contributed by atoms with Gasteiger partial charge in [0, 0.05) is 26.4 Å². The van der Waals surface area contributed by atoms with Gasteiger partial charge < -0.3 is 14.5 Å². The van der Waals surface area contributed by atoms with Gasteiger partial charge in [0.15, 0.2) is 11.4 Å². The molecule has 33 heavy (non-hydrogen) atoms. The van der Waals surface area contributed by atoms with Crippen LogP contribution in [0, 0.1) is 0 Å². The lowest BCUT2D eigenvalue weighted by Gasteiger charge is -2.23. The zero-order valence-electron chi connectivity index (χ0n) is 17.3. The Balaban J connectivity index is 1.36. The van der Waals surface area contributed by atoms with Gasteiger partial charge in [0.25, 0.3) is 0 Å². The highest BCUT2D eigenvalue weighted by Crippen LogP contribution is 2.38. The third-order valence-corrected chi connectivity index (χ3v) is 5.99. The summed E-state index contributed by atoms with van der Waals surface area (Å²) >= 11 is 6.08. The lowest BCUT2D eigenvalue weighted by Crippen LogP contribution is -2.35. The van der Waals surface area contributed by atoms with Gasteiger partial charge >= 0.3 is 12.1 Å².